The highest BCUT2D eigenvalue weighted by Gasteiger charge is 2.33. The quantitative estimate of drug-likeness (QED) is 0.708. The number of nitrogens with one attached hydrogen (secondary N) is 1. The van der Waals surface area contributed by atoms with Crippen molar-refractivity contribution in [1.29, 1.82) is 0 Å². The van der Waals surface area contributed by atoms with Crippen molar-refractivity contribution < 1.29 is 19.1 Å². The Balaban J connectivity index is 1.82. The first-order valence-corrected chi connectivity index (χ1v) is 11.4. The van der Waals surface area contributed by atoms with Crippen LogP contribution < -0.4 is 20.9 Å². The van der Waals surface area contributed by atoms with Gasteiger partial charge >= 0.3 is 12.2 Å². The minimum Gasteiger partial charge on any atom is -0.444 e. The van der Waals surface area contributed by atoms with Gasteiger partial charge in [-0.25, -0.2) is 14.6 Å². The zero-order valence-corrected chi connectivity index (χ0v) is 20.2. The van der Waals surface area contributed by atoms with Crippen molar-refractivity contribution in [3.63, 3.8) is 0 Å². The average molecular weight is 448 g/mol. The van der Waals surface area contributed by atoms with Crippen LogP contribution >= 0.6 is 0 Å². The van der Waals surface area contributed by atoms with Crippen LogP contribution in [0.2, 0.25) is 0 Å². The van der Waals surface area contributed by atoms with Gasteiger partial charge in [-0.05, 0) is 67.2 Å². The second-order valence-corrected chi connectivity index (χ2v) is 10.5. The number of anilines is 3. The molecule has 178 valence electrons. The van der Waals surface area contributed by atoms with E-state index in [2.05, 4.69) is 15.2 Å². The molecule has 1 fully saturated rings. The van der Waals surface area contributed by atoms with E-state index in [0.29, 0.717) is 24.6 Å². The molecule has 2 aliphatic heterocycles. The van der Waals surface area contributed by atoms with Crippen molar-refractivity contribution in [2.75, 3.05) is 35.2 Å². The number of piperidine rings is 1. The van der Waals surface area contributed by atoms with Gasteiger partial charge in [-0.15, -0.1) is 0 Å². The highest BCUT2D eigenvalue weighted by Crippen LogP contribution is 2.38. The van der Waals surface area contributed by atoms with Crippen LogP contribution in [-0.4, -0.2) is 54.0 Å². The standard InChI is InChI=1S/C23H37N5O4/c1-22(2,3)31-20(29)26-15-9-7-11-27(14-15)18-16-10-8-12-28(19(16)25-13-17(18)24)21(30)32-23(4,5)6/h13,15H,7-12,14,24H2,1-6H3,(H,26,29)/t15-/m0/s1. The second kappa shape index (κ2) is 9.03. The summed E-state index contributed by atoms with van der Waals surface area (Å²) >= 11 is 0. The third-order valence-corrected chi connectivity index (χ3v) is 5.29. The van der Waals surface area contributed by atoms with Crippen molar-refractivity contribution in [2.45, 2.75) is 84.5 Å². The molecule has 3 rings (SSSR count). The van der Waals surface area contributed by atoms with Crippen LogP contribution in [0, 0.1) is 0 Å². The summed E-state index contributed by atoms with van der Waals surface area (Å²) in [5, 5.41) is 2.98. The molecule has 3 heterocycles. The number of nitrogens with two attached hydrogens (primary N) is 1. The Labute approximate surface area is 190 Å². The second-order valence-electron chi connectivity index (χ2n) is 10.5. The van der Waals surface area contributed by atoms with Gasteiger partial charge in [0.25, 0.3) is 0 Å². The van der Waals surface area contributed by atoms with Crippen LogP contribution in [0.1, 0.15) is 66.4 Å². The first kappa shape index (κ1) is 23.9. The number of rotatable bonds is 2. The topological polar surface area (TPSA) is 110 Å². The molecule has 1 atom stereocenters. The van der Waals surface area contributed by atoms with Crippen LogP contribution in [0.15, 0.2) is 6.20 Å². The summed E-state index contributed by atoms with van der Waals surface area (Å²) in [6, 6.07) is -0.0487. The van der Waals surface area contributed by atoms with Crippen molar-refractivity contribution in [2.24, 2.45) is 0 Å². The van der Waals surface area contributed by atoms with Crippen LogP contribution in [0.25, 0.3) is 0 Å². The molecule has 1 aromatic rings. The fraction of sp³-hybridized carbons (Fsp3) is 0.696. The van der Waals surface area contributed by atoms with Gasteiger partial charge in [0.2, 0.25) is 0 Å². The maximum Gasteiger partial charge on any atom is 0.416 e. The van der Waals surface area contributed by atoms with Gasteiger partial charge in [-0.1, -0.05) is 0 Å². The molecule has 2 amide bonds. The zero-order valence-electron chi connectivity index (χ0n) is 20.2. The lowest BCUT2D eigenvalue weighted by molar-refractivity contribution is 0.0498. The van der Waals surface area contributed by atoms with Crippen LogP contribution in [0.4, 0.5) is 26.8 Å². The SMILES string of the molecule is CC(C)(C)OC(=O)N[C@H]1CCCN(c2c(N)cnc3c2CCCN3C(=O)OC(C)(C)C)C1. The van der Waals surface area contributed by atoms with E-state index >= 15 is 0 Å². The van der Waals surface area contributed by atoms with Crippen molar-refractivity contribution in [3.8, 4) is 0 Å². The van der Waals surface area contributed by atoms with E-state index in [4.69, 9.17) is 15.2 Å². The third-order valence-electron chi connectivity index (χ3n) is 5.29. The molecule has 0 aliphatic carbocycles. The molecular weight excluding hydrogens is 410 g/mol. The Hall–Kier alpha value is -2.71. The van der Waals surface area contributed by atoms with Crippen LogP contribution in [0.3, 0.4) is 0 Å². The molecule has 0 bridgehead atoms. The number of ether oxygens (including phenoxy) is 2. The Bertz CT molecular complexity index is 859. The van der Waals surface area contributed by atoms with E-state index < -0.39 is 23.4 Å². The number of pyridine rings is 1. The molecule has 9 heteroatoms. The Morgan fingerprint density at radius 2 is 1.78 bits per heavy atom. The lowest BCUT2D eigenvalue weighted by atomic mass is 9.99. The Morgan fingerprint density at radius 3 is 2.44 bits per heavy atom. The molecule has 1 saturated heterocycles. The lowest BCUT2D eigenvalue weighted by Gasteiger charge is -2.38. The molecule has 0 aromatic carbocycles. The van der Waals surface area contributed by atoms with Gasteiger partial charge in [0.05, 0.1) is 17.6 Å². The largest absolute Gasteiger partial charge is 0.444 e. The molecule has 0 radical (unpaired) electrons. The predicted molar refractivity (Wildman–Crippen MR) is 125 cm³/mol. The number of fused-ring (bicyclic) bond motifs is 1. The number of hydrogen-bond donors (Lipinski definition) is 2. The smallest absolute Gasteiger partial charge is 0.416 e. The van der Waals surface area contributed by atoms with Crippen LogP contribution in [0.5, 0.6) is 0 Å². The fourth-order valence-electron chi connectivity index (χ4n) is 4.17. The first-order valence-electron chi connectivity index (χ1n) is 11.4. The molecule has 3 N–H and O–H groups in total. The minimum absolute atomic E-state index is 0.0487. The molecule has 0 saturated carbocycles. The normalized spacial score (nSPS) is 19.2. The fourth-order valence-corrected chi connectivity index (χ4v) is 4.17. The number of carbonyl (C=O) groups is 2. The van der Waals surface area contributed by atoms with E-state index in [0.717, 1.165) is 43.5 Å². The van der Waals surface area contributed by atoms with Gasteiger partial charge < -0.3 is 25.4 Å². The van der Waals surface area contributed by atoms with E-state index in [1.54, 1.807) is 11.1 Å². The maximum absolute atomic E-state index is 12.8. The van der Waals surface area contributed by atoms with Crippen LogP contribution in [-0.2, 0) is 15.9 Å². The Morgan fingerprint density at radius 1 is 1.09 bits per heavy atom. The summed E-state index contributed by atoms with van der Waals surface area (Å²) < 4.78 is 11.0. The first-order chi connectivity index (χ1) is 14.8. The summed E-state index contributed by atoms with van der Waals surface area (Å²) in [7, 11) is 0. The van der Waals surface area contributed by atoms with Gasteiger partial charge in [0, 0.05) is 31.2 Å². The molecule has 0 unspecified atom stereocenters. The molecule has 9 nitrogen and oxygen atoms in total. The zero-order chi connectivity index (χ0) is 23.7. The number of nitrogen functional groups attached to an aromatic ring is 1. The number of amides is 2. The molecular formula is C23H37N5O4. The molecule has 0 spiro atoms. The number of hydrogen-bond acceptors (Lipinski definition) is 7. The van der Waals surface area contributed by atoms with Gasteiger partial charge in [0.15, 0.2) is 0 Å². The van der Waals surface area contributed by atoms with Gasteiger partial charge in [-0.3, -0.25) is 4.90 Å². The van der Waals surface area contributed by atoms with Crippen molar-refractivity contribution in [1.82, 2.24) is 10.3 Å². The highest BCUT2D eigenvalue weighted by molar-refractivity contribution is 5.91. The Kier molecular flexibility index (Phi) is 6.76. The van der Waals surface area contributed by atoms with E-state index in [-0.39, 0.29) is 6.04 Å². The third kappa shape index (κ3) is 5.95. The number of carbonyl (C=O) groups excluding carboxylic acids is 2. The van der Waals surface area contributed by atoms with Crippen molar-refractivity contribution >= 4 is 29.4 Å². The predicted octanol–water partition coefficient (Wildman–Crippen LogP) is 3.85. The summed E-state index contributed by atoms with van der Waals surface area (Å²) in [4.78, 5) is 33.3. The summed E-state index contributed by atoms with van der Waals surface area (Å²) in [5.74, 6) is 0.608. The monoisotopic (exact) mass is 447 g/mol. The minimum atomic E-state index is -0.585. The van der Waals surface area contributed by atoms with Gasteiger partial charge in [-0.2, -0.15) is 0 Å². The average Bonchev–Trinajstić information content (AvgIpc) is 2.64. The van der Waals surface area contributed by atoms with E-state index in [1.165, 1.54) is 0 Å². The molecule has 1 aromatic heterocycles. The summed E-state index contributed by atoms with van der Waals surface area (Å²) in [6.07, 6.45) is 4.16. The van der Waals surface area contributed by atoms with E-state index in [9.17, 15) is 9.59 Å². The highest BCUT2D eigenvalue weighted by atomic mass is 16.6. The summed E-state index contributed by atoms with van der Waals surface area (Å²) in [6.45, 7) is 13.1. The lowest BCUT2D eigenvalue weighted by Crippen LogP contribution is -2.49. The number of nitrogens with zero attached hydrogens (tertiary/aromatic N) is 3. The molecule has 2 aliphatic rings. The van der Waals surface area contributed by atoms with E-state index in [1.807, 2.05) is 41.5 Å². The summed E-state index contributed by atoms with van der Waals surface area (Å²) in [5.41, 5.74) is 7.69. The van der Waals surface area contributed by atoms with Crippen molar-refractivity contribution in [3.05, 3.63) is 11.8 Å². The maximum atomic E-state index is 12.8. The molecule has 32 heavy (non-hydrogen) atoms. The number of alkyl carbamates (subject to hydrolysis) is 1. The number of aromatic nitrogens is 1. The van der Waals surface area contributed by atoms with Gasteiger partial charge in [0.1, 0.15) is 17.0 Å².